The Hall–Kier alpha value is -0.900. The Labute approximate surface area is 96.4 Å². The standard InChI is InChI=1S/C12H20N2O2/c1-9(15)13-10-5-7-14(8-6-10)11-3-2-4-12(11)16/h10-11H,2-8H2,1H3,(H,13,15). The minimum Gasteiger partial charge on any atom is -0.354 e. The van der Waals surface area contributed by atoms with Crippen LogP contribution in [0.15, 0.2) is 0 Å². The Morgan fingerprint density at radius 3 is 2.50 bits per heavy atom. The number of nitrogens with one attached hydrogen (secondary N) is 1. The van der Waals surface area contributed by atoms with E-state index in [1.807, 2.05) is 0 Å². The summed E-state index contributed by atoms with van der Waals surface area (Å²) in [7, 11) is 0. The first-order valence-electron chi connectivity index (χ1n) is 6.20. The highest BCUT2D eigenvalue weighted by molar-refractivity contribution is 5.85. The molecule has 1 aliphatic carbocycles. The Bertz CT molecular complexity index is 283. The summed E-state index contributed by atoms with van der Waals surface area (Å²) in [5.41, 5.74) is 0. The predicted octanol–water partition coefficient (Wildman–Crippen LogP) is 0.708. The van der Waals surface area contributed by atoms with Crippen molar-refractivity contribution in [1.29, 1.82) is 0 Å². The second-order valence-corrected chi connectivity index (χ2v) is 4.89. The van der Waals surface area contributed by atoms with E-state index in [2.05, 4.69) is 10.2 Å². The first-order valence-corrected chi connectivity index (χ1v) is 6.20. The van der Waals surface area contributed by atoms with Crippen molar-refractivity contribution >= 4 is 11.7 Å². The number of carbonyl (C=O) groups excluding carboxylic acids is 2. The zero-order chi connectivity index (χ0) is 11.5. The maximum Gasteiger partial charge on any atom is 0.217 e. The zero-order valence-corrected chi connectivity index (χ0v) is 9.87. The SMILES string of the molecule is CC(=O)NC1CCN(C2CCCC2=O)CC1. The van der Waals surface area contributed by atoms with E-state index in [9.17, 15) is 9.59 Å². The van der Waals surface area contributed by atoms with Crippen molar-refractivity contribution in [3.8, 4) is 0 Å². The summed E-state index contributed by atoms with van der Waals surface area (Å²) in [5.74, 6) is 0.466. The molecule has 0 aromatic heterocycles. The van der Waals surface area contributed by atoms with Gasteiger partial charge in [0.05, 0.1) is 6.04 Å². The Morgan fingerprint density at radius 1 is 1.31 bits per heavy atom. The first-order chi connectivity index (χ1) is 7.66. The number of amides is 1. The van der Waals surface area contributed by atoms with E-state index in [1.165, 1.54) is 0 Å². The van der Waals surface area contributed by atoms with Crippen LogP contribution in [0.4, 0.5) is 0 Å². The van der Waals surface area contributed by atoms with Crippen LogP contribution in [0.25, 0.3) is 0 Å². The largest absolute Gasteiger partial charge is 0.354 e. The molecule has 0 aromatic carbocycles. The highest BCUT2D eigenvalue weighted by Gasteiger charge is 2.32. The summed E-state index contributed by atoms with van der Waals surface area (Å²) in [4.78, 5) is 24.8. The minimum absolute atomic E-state index is 0.0513. The molecule has 1 saturated heterocycles. The molecular weight excluding hydrogens is 204 g/mol. The van der Waals surface area contributed by atoms with Crippen LogP contribution in [0.5, 0.6) is 0 Å². The van der Waals surface area contributed by atoms with Gasteiger partial charge >= 0.3 is 0 Å². The number of rotatable bonds is 2. The molecule has 1 aliphatic heterocycles. The van der Waals surface area contributed by atoms with E-state index in [4.69, 9.17) is 0 Å². The number of hydrogen-bond acceptors (Lipinski definition) is 3. The molecule has 0 spiro atoms. The summed E-state index contributed by atoms with van der Waals surface area (Å²) >= 11 is 0. The van der Waals surface area contributed by atoms with Gasteiger partial charge in [0.25, 0.3) is 0 Å². The lowest BCUT2D eigenvalue weighted by molar-refractivity contribution is -0.123. The molecule has 90 valence electrons. The second-order valence-electron chi connectivity index (χ2n) is 4.89. The van der Waals surface area contributed by atoms with Gasteiger partial charge in [-0.25, -0.2) is 0 Å². The van der Waals surface area contributed by atoms with Crippen LogP contribution in [0.3, 0.4) is 0 Å². The lowest BCUT2D eigenvalue weighted by atomic mass is 10.0. The van der Waals surface area contributed by atoms with Gasteiger partial charge in [0.1, 0.15) is 5.78 Å². The number of Topliss-reactive ketones (excluding diaryl/α,β-unsaturated/α-hetero) is 1. The van der Waals surface area contributed by atoms with Crippen LogP contribution in [0.1, 0.15) is 39.0 Å². The lowest BCUT2D eigenvalue weighted by Crippen LogP contribution is -2.48. The highest BCUT2D eigenvalue weighted by Crippen LogP contribution is 2.23. The van der Waals surface area contributed by atoms with Crippen molar-refractivity contribution in [2.24, 2.45) is 0 Å². The summed E-state index contributed by atoms with van der Waals surface area (Å²) in [6, 6.07) is 0.489. The monoisotopic (exact) mass is 224 g/mol. The lowest BCUT2D eigenvalue weighted by Gasteiger charge is -2.35. The molecule has 1 heterocycles. The van der Waals surface area contributed by atoms with E-state index in [1.54, 1.807) is 6.92 Å². The summed E-state index contributed by atoms with van der Waals surface area (Å²) < 4.78 is 0. The fourth-order valence-electron chi connectivity index (χ4n) is 2.83. The maximum atomic E-state index is 11.6. The number of nitrogens with zero attached hydrogens (tertiary/aromatic N) is 1. The topological polar surface area (TPSA) is 49.4 Å². The molecule has 1 N–H and O–H groups in total. The van der Waals surface area contributed by atoms with Gasteiger partial charge in [-0.15, -0.1) is 0 Å². The van der Waals surface area contributed by atoms with Crippen molar-refractivity contribution in [1.82, 2.24) is 10.2 Å². The Kier molecular flexibility index (Phi) is 3.59. The molecule has 4 nitrogen and oxygen atoms in total. The molecule has 2 rings (SSSR count). The maximum absolute atomic E-state index is 11.6. The van der Waals surface area contributed by atoms with Gasteiger partial charge in [-0.05, 0) is 25.7 Å². The van der Waals surface area contributed by atoms with Gasteiger partial charge in [-0.3, -0.25) is 14.5 Å². The van der Waals surface area contributed by atoms with Crippen LogP contribution < -0.4 is 5.32 Å². The van der Waals surface area contributed by atoms with Crippen LogP contribution >= 0.6 is 0 Å². The molecule has 1 unspecified atom stereocenters. The number of piperidine rings is 1. The minimum atomic E-state index is 0.0513. The molecule has 1 atom stereocenters. The third-order valence-corrected chi connectivity index (χ3v) is 3.65. The van der Waals surface area contributed by atoms with Gasteiger partial charge < -0.3 is 5.32 Å². The molecule has 0 radical (unpaired) electrons. The van der Waals surface area contributed by atoms with Crippen molar-refractivity contribution in [2.45, 2.75) is 51.1 Å². The molecule has 0 bridgehead atoms. The quantitative estimate of drug-likeness (QED) is 0.751. The molecular formula is C12H20N2O2. The van der Waals surface area contributed by atoms with Gasteiger partial charge in [0.2, 0.25) is 5.91 Å². The molecule has 4 heteroatoms. The molecule has 0 aromatic rings. The Balaban J connectivity index is 1.80. The van der Waals surface area contributed by atoms with Crippen molar-refractivity contribution in [3.05, 3.63) is 0 Å². The number of hydrogen-bond donors (Lipinski definition) is 1. The van der Waals surface area contributed by atoms with Crippen molar-refractivity contribution in [3.63, 3.8) is 0 Å². The summed E-state index contributed by atoms with van der Waals surface area (Å²) in [6.07, 6.45) is 4.79. The van der Waals surface area contributed by atoms with Gasteiger partial charge in [0, 0.05) is 32.5 Å². The molecule has 1 amide bonds. The molecule has 2 fully saturated rings. The van der Waals surface area contributed by atoms with Gasteiger partial charge in [0.15, 0.2) is 0 Å². The van der Waals surface area contributed by atoms with Crippen LogP contribution in [-0.4, -0.2) is 41.8 Å². The number of carbonyl (C=O) groups is 2. The van der Waals surface area contributed by atoms with E-state index in [-0.39, 0.29) is 11.9 Å². The van der Waals surface area contributed by atoms with Crippen molar-refractivity contribution < 1.29 is 9.59 Å². The van der Waals surface area contributed by atoms with Crippen LogP contribution in [0, 0.1) is 0 Å². The Morgan fingerprint density at radius 2 is 2.00 bits per heavy atom. The fourth-order valence-corrected chi connectivity index (χ4v) is 2.83. The third-order valence-electron chi connectivity index (χ3n) is 3.65. The molecule has 1 saturated carbocycles. The molecule has 16 heavy (non-hydrogen) atoms. The normalized spacial score (nSPS) is 28.3. The summed E-state index contributed by atoms with van der Waals surface area (Å²) in [5, 5.41) is 2.95. The zero-order valence-electron chi connectivity index (χ0n) is 9.87. The van der Waals surface area contributed by atoms with E-state index < -0.39 is 0 Å². The second kappa shape index (κ2) is 4.95. The van der Waals surface area contributed by atoms with E-state index in [0.29, 0.717) is 11.8 Å². The molecule has 2 aliphatic rings. The van der Waals surface area contributed by atoms with E-state index in [0.717, 1.165) is 45.2 Å². The smallest absolute Gasteiger partial charge is 0.217 e. The predicted molar refractivity (Wildman–Crippen MR) is 61.1 cm³/mol. The fraction of sp³-hybridized carbons (Fsp3) is 0.833. The average Bonchev–Trinajstić information content (AvgIpc) is 2.65. The average molecular weight is 224 g/mol. The number of likely N-dealkylation sites (tertiary alicyclic amines) is 1. The van der Waals surface area contributed by atoms with Crippen LogP contribution in [0.2, 0.25) is 0 Å². The highest BCUT2D eigenvalue weighted by atomic mass is 16.1. The van der Waals surface area contributed by atoms with Crippen molar-refractivity contribution in [2.75, 3.05) is 13.1 Å². The van der Waals surface area contributed by atoms with Crippen LogP contribution in [-0.2, 0) is 9.59 Å². The first kappa shape index (κ1) is 11.6. The van der Waals surface area contributed by atoms with E-state index >= 15 is 0 Å². The summed E-state index contributed by atoms with van der Waals surface area (Å²) in [6.45, 7) is 3.45. The van der Waals surface area contributed by atoms with Gasteiger partial charge in [-0.2, -0.15) is 0 Å². The third kappa shape index (κ3) is 2.61. The van der Waals surface area contributed by atoms with Gasteiger partial charge in [-0.1, -0.05) is 0 Å². The number of ketones is 1.